The van der Waals surface area contributed by atoms with Gasteiger partial charge >= 0.3 is 0 Å². The number of nitriles is 1. The first-order chi connectivity index (χ1) is 9.63. The van der Waals surface area contributed by atoms with Gasteiger partial charge in [0.2, 0.25) is 0 Å². The SMILES string of the molecule is C=CCc1cc(N)ccc1Oc1ccc(C#N)cc1Br. The molecule has 0 bridgehead atoms. The lowest BCUT2D eigenvalue weighted by Gasteiger charge is -2.12. The lowest BCUT2D eigenvalue weighted by atomic mass is 10.1. The van der Waals surface area contributed by atoms with Crippen LogP contribution in [-0.4, -0.2) is 0 Å². The van der Waals surface area contributed by atoms with Crippen molar-refractivity contribution in [2.45, 2.75) is 6.42 Å². The van der Waals surface area contributed by atoms with Crippen molar-refractivity contribution in [3.8, 4) is 17.6 Å². The van der Waals surface area contributed by atoms with E-state index in [0.717, 1.165) is 15.8 Å². The summed E-state index contributed by atoms with van der Waals surface area (Å²) in [5, 5.41) is 8.85. The van der Waals surface area contributed by atoms with E-state index < -0.39 is 0 Å². The smallest absolute Gasteiger partial charge is 0.141 e. The minimum absolute atomic E-state index is 0.577. The van der Waals surface area contributed by atoms with Gasteiger partial charge in [-0.05, 0) is 58.7 Å². The van der Waals surface area contributed by atoms with E-state index in [1.807, 2.05) is 12.1 Å². The first kappa shape index (κ1) is 14.2. The van der Waals surface area contributed by atoms with Crippen LogP contribution in [0, 0.1) is 11.3 Å². The maximum Gasteiger partial charge on any atom is 0.141 e. The maximum atomic E-state index is 8.85. The summed E-state index contributed by atoms with van der Waals surface area (Å²) in [6.07, 6.45) is 2.48. The Morgan fingerprint density at radius 2 is 2.00 bits per heavy atom. The summed E-state index contributed by atoms with van der Waals surface area (Å²) in [5.74, 6) is 1.38. The Morgan fingerprint density at radius 1 is 1.25 bits per heavy atom. The molecule has 0 aliphatic carbocycles. The summed E-state index contributed by atoms with van der Waals surface area (Å²) in [6.45, 7) is 3.73. The predicted octanol–water partition coefficient (Wildman–Crippen LogP) is 4.42. The van der Waals surface area contributed by atoms with E-state index in [1.54, 1.807) is 30.3 Å². The summed E-state index contributed by atoms with van der Waals surface area (Å²) < 4.78 is 6.62. The largest absolute Gasteiger partial charge is 0.456 e. The highest BCUT2D eigenvalue weighted by atomic mass is 79.9. The maximum absolute atomic E-state index is 8.85. The van der Waals surface area contributed by atoms with Crippen LogP contribution < -0.4 is 10.5 Å². The highest BCUT2D eigenvalue weighted by Gasteiger charge is 2.08. The monoisotopic (exact) mass is 328 g/mol. The van der Waals surface area contributed by atoms with Gasteiger partial charge in [0, 0.05) is 11.3 Å². The van der Waals surface area contributed by atoms with Crippen LogP contribution in [0.15, 0.2) is 53.5 Å². The average molecular weight is 329 g/mol. The Hall–Kier alpha value is -2.25. The molecule has 0 radical (unpaired) electrons. The second-order valence-corrected chi connectivity index (χ2v) is 5.07. The Bertz CT molecular complexity index is 689. The first-order valence-corrected chi connectivity index (χ1v) is 6.80. The normalized spacial score (nSPS) is 9.80. The van der Waals surface area contributed by atoms with Gasteiger partial charge in [-0.15, -0.1) is 6.58 Å². The number of benzene rings is 2. The fourth-order valence-electron chi connectivity index (χ4n) is 1.79. The molecule has 0 aliphatic heterocycles. The third-order valence-electron chi connectivity index (χ3n) is 2.73. The molecule has 100 valence electrons. The molecule has 4 heteroatoms. The van der Waals surface area contributed by atoms with E-state index in [4.69, 9.17) is 15.7 Å². The minimum atomic E-state index is 0.577. The van der Waals surface area contributed by atoms with Crippen molar-refractivity contribution in [2.75, 3.05) is 5.73 Å². The van der Waals surface area contributed by atoms with Crippen LogP contribution in [0.1, 0.15) is 11.1 Å². The van der Waals surface area contributed by atoms with E-state index in [0.29, 0.717) is 23.4 Å². The highest BCUT2D eigenvalue weighted by molar-refractivity contribution is 9.10. The van der Waals surface area contributed by atoms with E-state index in [9.17, 15) is 0 Å². The zero-order chi connectivity index (χ0) is 14.5. The van der Waals surface area contributed by atoms with Crippen LogP contribution in [0.3, 0.4) is 0 Å². The molecule has 0 saturated heterocycles. The fourth-order valence-corrected chi connectivity index (χ4v) is 2.25. The molecule has 0 amide bonds. The van der Waals surface area contributed by atoms with Gasteiger partial charge in [-0.3, -0.25) is 0 Å². The number of rotatable bonds is 4. The van der Waals surface area contributed by atoms with Crippen LogP contribution in [0.5, 0.6) is 11.5 Å². The number of halogens is 1. The Kier molecular flexibility index (Phi) is 4.44. The van der Waals surface area contributed by atoms with E-state index in [2.05, 4.69) is 28.6 Å². The summed E-state index contributed by atoms with van der Waals surface area (Å²) in [4.78, 5) is 0. The molecule has 20 heavy (non-hydrogen) atoms. The molecule has 3 nitrogen and oxygen atoms in total. The van der Waals surface area contributed by atoms with Gasteiger partial charge in [-0.1, -0.05) is 6.08 Å². The lowest BCUT2D eigenvalue weighted by molar-refractivity contribution is 0.474. The van der Waals surface area contributed by atoms with E-state index >= 15 is 0 Å². The zero-order valence-corrected chi connectivity index (χ0v) is 12.4. The number of allylic oxidation sites excluding steroid dienone is 1. The van der Waals surface area contributed by atoms with Gasteiger partial charge in [0.05, 0.1) is 16.1 Å². The number of nitrogens with two attached hydrogens (primary N) is 1. The molecule has 2 N–H and O–H groups in total. The van der Waals surface area contributed by atoms with Gasteiger partial charge in [-0.2, -0.15) is 5.26 Å². The topological polar surface area (TPSA) is 59.0 Å². The van der Waals surface area contributed by atoms with Crippen molar-refractivity contribution in [3.05, 3.63) is 64.7 Å². The second kappa shape index (κ2) is 6.27. The summed E-state index contributed by atoms with van der Waals surface area (Å²) in [7, 11) is 0. The fraction of sp³-hybridized carbons (Fsp3) is 0.0625. The van der Waals surface area contributed by atoms with Crippen molar-refractivity contribution < 1.29 is 4.74 Å². The standard InChI is InChI=1S/C16H13BrN2O/c1-2-3-12-9-13(19)5-7-15(12)20-16-6-4-11(10-18)8-14(16)17/h2,4-9H,1,3,19H2. The van der Waals surface area contributed by atoms with Gasteiger partial charge in [0.15, 0.2) is 0 Å². The number of hydrogen-bond donors (Lipinski definition) is 1. The molecular weight excluding hydrogens is 316 g/mol. The molecule has 0 spiro atoms. The van der Waals surface area contributed by atoms with Crippen LogP contribution in [-0.2, 0) is 6.42 Å². The molecule has 0 unspecified atom stereocenters. The predicted molar refractivity (Wildman–Crippen MR) is 83.7 cm³/mol. The van der Waals surface area contributed by atoms with Crippen LogP contribution in [0.25, 0.3) is 0 Å². The molecule has 0 saturated carbocycles. The molecular formula is C16H13BrN2O. The third-order valence-corrected chi connectivity index (χ3v) is 3.35. The molecule has 0 heterocycles. The molecule has 0 fully saturated rings. The number of anilines is 1. The summed E-state index contributed by atoms with van der Waals surface area (Å²) in [6, 6.07) is 12.8. The Labute approximate surface area is 126 Å². The number of hydrogen-bond acceptors (Lipinski definition) is 3. The molecule has 2 aromatic rings. The van der Waals surface area contributed by atoms with E-state index in [-0.39, 0.29) is 0 Å². The lowest BCUT2D eigenvalue weighted by Crippen LogP contribution is -1.94. The van der Waals surface area contributed by atoms with Gasteiger partial charge in [-0.25, -0.2) is 0 Å². The second-order valence-electron chi connectivity index (χ2n) is 4.22. The molecule has 0 aliphatic rings. The van der Waals surface area contributed by atoms with Gasteiger partial charge in [0.25, 0.3) is 0 Å². The molecule has 0 aromatic heterocycles. The zero-order valence-electron chi connectivity index (χ0n) is 10.8. The van der Waals surface area contributed by atoms with Crippen molar-refractivity contribution in [1.82, 2.24) is 0 Å². The summed E-state index contributed by atoms with van der Waals surface area (Å²) in [5.41, 5.74) is 8.02. The molecule has 2 rings (SSSR count). The highest BCUT2D eigenvalue weighted by Crippen LogP contribution is 2.33. The minimum Gasteiger partial charge on any atom is -0.456 e. The summed E-state index contributed by atoms with van der Waals surface area (Å²) >= 11 is 3.40. The van der Waals surface area contributed by atoms with Gasteiger partial charge in [0.1, 0.15) is 11.5 Å². The first-order valence-electron chi connectivity index (χ1n) is 6.01. The number of nitrogen functional groups attached to an aromatic ring is 1. The van der Waals surface area contributed by atoms with Crippen LogP contribution in [0.4, 0.5) is 5.69 Å². The quantitative estimate of drug-likeness (QED) is 0.667. The Balaban J connectivity index is 2.35. The van der Waals surface area contributed by atoms with Gasteiger partial charge < -0.3 is 10.5 Å². The van der Waals surface area contributed by atoms with Crippen molar-refractivity contribution in [3.63, 3.8) is 0 Å². The van der Waals surface area contributed by atoms with Crippen LogP contribution >= 0.6 is 15.9 Å². The van der Waals surface area contributed by atoms with E-state index in [1.165, 1.54) is 0 Å². The van der Waals surface area contributed by atoms with Crippen molar-refractivity contribution >= 4 is 21.6 Å². The average Bonchev–Trinajstić information content (AvgIpc) is 2.44. The number of ether oxygens (including phenoxy) is 1. The third kappa shape index (κ3) is 3.19. The van der Waals surface area contributed by atoms with Crippen molar-refractivity contribution in [1.29, 1.82) is 5.26 Å². The van der Waals surface area contributed by atoms with Crippen molar-refractivity contribution in [2.24, 2.45) is 0 Å². The van der Waals surface area contributed by atoms with Crippen LogP contribution in [0.2, 0.25) is 0 Å². The molecule has 0 atom stereocenters. The number of nitrogens with zero attached hydrogens (tertiary/aromatic N) is 1. The molecule has 2 aromatic carbocycles. The Morgan fingerprint density at radius 3 is 2.65 bits per heavy atom.